The maximum Gasteiger partial charge on any atom is 0.331 e. The van der Waals surface area contributed by atoms with Gasteiger partial charge in [-0.1, -0.05) is 33.3 Å². The average molecular weight is 401 g/mol. The first-order valence-electron chi connectivity index (χ1n) is 10.4. The van der Waals surface area contributed by atoms with Gasteiger partial charge in [0.05, 0.1) is 0 Å². The average Bonchev–Trinajstić information content (AvgIpc) is 2.59. The summed E-state index contributed by atoms with van der Waals surface area (Å²) >= 11 is 0. The normalized spacial score (nSPS) is 22.6. The summed E-state index contributed by atoms with van der Waals surface area (Å²) in [4.78, 5) is 23.5. The zero-order valence-electron chi connectivity index (χ0n) is 18.3. The first kappa shape index (κ1) is 21.4. The molecule has 2 atom stereocenters. The quantitative estimate of drug-likeness (QED) is 0.532. The molecular formula is C24H32O5. The minimum atomic E-state index is -0.885. The van der Waals surface area contributed by atoms with Crippen molar-refractivity contribution < 1.29 is 24.2 Å². The minimum Gasteiger partial charge on any atom is -0.487 e. The molecule has 0 spiro atoms. The molecule has 29 heavy (non-hydrogen) atoms. The van der Waals surface area contributed by atoms with E-state index >= 15 is 0 Å². The lowest BCUT2D eigenvalue weighted by molar-refractivity contribution is -0.134. The summed E-state index contributed by atoms with van der Waals surface area (Å²) in [7, 11) is 0. The smallest absolute Gasteiger partial charge is 0.331 e. The monoisotopic (exact) mass is 400 g/mol. The van der Waals surface area contributed by atoms with Crippen LogP contribution in [-0.4, -0.2) is 22.6 Å². The third kappa shape index (κ3) is 4.05. The van der Waals surface area contributed by atoms with Gasteiger partial charge in [0.2, 0.25) is 0 Å². The Morgan fingerprint density at radius 2 is 2.00 bits per heavy atom. The van der Waals surface area contributed by atoms with E-state index in [1.807, 2.05) is 12.1 Å². The van der Waals surface area contributed by atoms with Crippen LogP contribution in [-0.2, 0) is 15.0 Å². The van der Waals surface area contributed by atoms with Crippen molar-refractivity contribution in [2.24, 2.45) is 5.92 Å². The Kier molecular flexibility index (Phi) is 5.54. The highest BCUT2D eigenvalue weighted by Gasteiger charge is 2.47. The lowest BCUT2D eigenvalue weighted by Gasteiger charge is -2.47. The molecule has 0 saturated carbocycles. The number of rotatable bonds is 5. The van der Waals surface area contributed by atoms with Crippen molar-refractivity contribution >= 4 is 11.9 Å². The molecule has 3 rings (SSSR count). The summed E-state index contributed by atoms with van der Waals surface area (Å²) in [6.45, 7) is 12.0. The number of benzene rings is 1. The number of carbonyl (C=O) groups is 2. The number of aliphatic carboxylic acids is 1. The van der Waals surface area contributed by atoms with Gasteiger partial charge in [-0.15, -0.1) is 0 Å². The van der Waals surface area contributed by atoms with Crippen LogP contribution in [0.3, 0.4) is 0 Å². The lowest BCUT2D eigenvalue weighted by atomic mass is 9.66. The first-order chi connectivity index (χ1) is 13.5. The number of carboxylic acid groups (broad SMARTS) is 1. The van der Waals surface area contributed by atoms with Crippen molar-refractivity contribution in [2.45, 2.75) is 84.2 Å². The topological polar surface area (TPSA) is 72.8 Å². The van der Waals surface area contributed by atoms with Crippen LogP contribution >= 0.6 is 0 Å². The predicted molar refractivity (Wildman–Crippen MR) is 112 cm³/mol. The molecule has 0 radical (unpaired) electrons. The second-order valence-electron chi connectivity index (χ2n) is 9.51. The van der Waals surface area contributed by atoms with E-state index in [9.17, 15) is 14.7 Å². The van der Waals surface area contributed by atoms with Gasteiger partial charge in [0.25, 0.3) is 0 Å². The van der Waals surface area contributed by atoms with Crippen LogP contribution in [0.4, 0.5) is 0 Å². The number of ether oxygens (including phenoxy) is 2. The summed E-state index contributed by atoms with van der Waals surface area (Å²) in [6.07, 6.45) is 4.88. The van der Waals surface area contributed by atoms with Gasteiger partial charge in [-0.25, -0.2) is 4.79 Å². The van der Waals surface area contributed by atoms with Crippen molar-refractivity contribution in [1.82, 2.24) is 0 Å². The van der Waals surface area contributed by atoms with Crippen LogP contribution in [0.5, 0.6) is 11.5 Å². The van der Waals surface area contributed by atoms with E-state index in [1.165, 1.54) is 6.92 Å². The molecule has 158 valence electrons. The summed E-state index contributed by atoms with van der Waals surface area (Å²) in [5.41, 5.74) is 1.76. The van der Waals surface area contributed by atoms with E-state index in [-0.39, 0.29) is 23.2 Å². The number of carboxylic acids is 1. The van der Waals surface area contributed by atoms with Gasteiger partial charge >= 0.3 is 11.9 Å². The second-order valence-corrected chi connectivity index (χ2v) is 9.51. The minimum absolute atomic E-state index is 0.0671. The summed E-state index contributed by atoms with van der Waals surface area (Å²) in [5, 5.41) is 9.55. The van der Waals surface area contributed by atoms with E-state index in [1.54, 1.807) is 0 Å². The maximum atomic E-state index is 11.9. The molecule has 0 aromatic heterocycles. The van der Waals surface area contributed by atoms with E-state index in [2.05, 4.69) is 40.7 Å². The Labute approximate surface area is 173 Å². The van der Waals surface area contributed by atoms with E-state index in [0.29, 0.717) is 29.9 Å². The molecule has 0 saturated heterocycles. The molecule has 1 aliphatic carbocycles. The molecular weight excluding hydrogens is 368 g/mol. The Morgan fingerprint density at radius 3 is 2.59 bits per heavy atom. The van der Waals surface area contributed by atoms with Crippen LogP contribution in [0.15, 0.2) is 23.8 Å². The third-order valence-corrected chi connectivity index (χ3v) is 6.47. The van der Waals surface area contributed by atoms with Gasteiger partial charge < -0.3 is 14.6 Å². The lowest BCUT2D eigenvalue weighted by Crippen LogP contribution is -2.46. The molecule has 1 N–H and O–H groups in total. The van der Waals surface area contributed by atoms with Crippen molar-refractivity contribution in [1.29, 1.82) is 0 Å². The van der Waals surface area contributed by atoms with Crippen LogP contribution in [0.25, 0.3) is 0 Å². The Hall–Kier alpha value is -2.30. The van der Waals surface area contributed by atoms with Gasteiger partial charge in [0.15, 0.2) is 0 Å². The Bertz CT molecular complexity index is 862. The van der Waals surface area contributed by atoms with Crippen molar-refractivity contribution in [3.63, 3.8) is 0 Å². The van der Waals surface area contributed by atoms with E-state index in [4.69, 9.17) is 9.47 Å². The molecule has 1 aromatic carbocycles. The molecule has 0 bridgehead atoms. The predicted octanol–water partition coefficient (Wildman–Crippen LogP) is 5.37. The van der Waals surface area contributed by atoms with E-state index < -0.39 is 11.6 Å². The second kappa shape index (κ2) is 7.51. The molecule has 1 aromatic rings. The number of carbonyl (C=O) groups excluding carboxylic acids is 1. The van der Waals surface area contributed by atoms with Crippen molar-refractivity contribution in [3.05, 3.63) is 34.9 Å². The molecule has 1 heterocycles. The molecule has 1 aliphatic heterocycles. The summed E-state index contributed by atoms with van der Waals surface area (Å²) in [5.74, 6) is -0.00976. The zero-order valence-corrected chi connectivity index (χ0v) is 18.3. The number of esters is 1. The molecule has 2 aliphatic rings. The zero-order chi connectivity index (χ0) is 21.6. The van der Waals surface area contributed by atoms with Gasteiger partial charge in [-0.05, 0) is 56.2 Å². The Balaban J connectivity index is 2.19. The fourth-order valence-electron chi connectivity index (χ4n) is 4.95. The summed E-state index contributed by atoms with van der Waals surface area (Å²) in [6, 6.07) is 4.02. The molecule has 0 amide bonds. The number of hydrogen-bond acceptors (Lipinski definition) is 4. The highest BCUT2D eigenvalue weighted by molar-refractivity contribution is 5.87. The van der Waals surface area contributed by atoms with Gasteiger partial charge in [0, 0.05) is 29.9 Å². The van der Waals surface area contributed by atoms with Gasteiger partial charge in [-0.2, -0.15) is 0 Å². The first-order valence-corrected chi connectivity index (χ1v) is 10.4. The highest BCUT2D eigenvalue weighted by Crippen LogP contribution is 2.55. The van der Waals surface area contributed by atoms with Gasteiger partial charge in [-0.3, -0.25) is 4.79 Å². The maximum absolute atomic E-state index is 11.9. The Morgan fingerprint density at radius 1 is 1.31 bits per heavy atom. The third-order valence-electron chi connectivity index (χ3n) is 6.47. The number of allylic oxidation sites excluding steroid dienone is 1. The van der Waals surface area contributed by atoms with E-state index in [0.717, 1.165) is 24.0 Å². The van der Waals surface area contributed by atoms with Crippen molar-refractivity contribution in [3.8, 4) is 11.5 Å². The highest BCUT2D eigenvalue weighted by atomic mass is 16.5. The molecule has 5 heteroatoms. The van der Waals surface area contributed by atoms with Crippen LogP contribution in [0, 0.1) is 5.92 Å². The molecule has 0 fully saturated rings. The van der Waals surface area contributed by atoms with Crippen molar-refractivity contribution in [2.75, 3.05) is 0 Å². The fourth-order valence-corrected chi connectivity index (χ4v) is 4.95. The van der Waals surface area contributed by atoms with Crippen LogP contribution in [0.1, 0.15) is 84.3 Å². The van der Waals surface area contributed by atoms with Gasteiger partial charge in [0.1, 0.15) is 17.1 Å². The molecule has 5 nitrogen and oxygen atoms in total. The standard InChI is InChI=1S/C24H32O5/c1-7-10-23(3,4)16-12-19(28-14(2)25)21-17-11-15(22(26)27)8-9-18(17)24(5,6)29-20(21)13-16/h8,12-13,17-18H,7,9-11H2,1-6H3,(H,26,27)/t17-,18-/m1/s1. The number of hydrogen-bond donors (Lipinski definition) is 1. The number of fused-ring (bicyclic) bond motifs is 3. The fraction of sp³-hybridized carbons (Fsp3) is 0.583. The van der Waals surface area contributed by atoms with Crippen LogP contribution in [0.2, 0.25) is 0 Å². The van der Waals surface area contributed by atoms with Crippen LogP contribution < -0.4 is 9.47 Å². The summed E-state index contributed by atoms with van der Waals surface area (Å²) < 4.78 is 12.1. The molecule has 0 unspecified atom stereocenters. The SMILES string of the molecule is CCCC(C)(C)c1cc(OC(C)=O)c2c(c1)OC(C)(C)[C@@H]1CC=C(C(=O)O)C[C@@H]21. The largest absolute Gasteiger partial charge is 0.487 e.